The van der Waals surface area contributed by atoms with Crippen LogP contribution in [0.2, 0.25) is 0 Å². The molecule has 3 heteroatoms. The van der Waals surface area contributed by atoms with E-state index in [4.69, 9.17) is 0 Å². The molecule has 0 fully saturated rings. The molecule has 1 N–H and O–H groups in total. The van der Waals surface area contributed by atoms with E-state index >= 15 is 0 Å². The minimum absolute atomic E-state index is 0.108. The first kappa shape index (κ1) is 14.7. The third-order valence-electron chi connectivity index (χ3n) is 3.38. The van der Waals surface area contributed by atoms with Gasteiger partial charge < -0.3 is 10.2 Å². The molecular weight excluding hydrogens is 224 g/mol. The third-order valence-corrected chi connectivity index (χ3v) is 3.38. The molecule has 0 aromatic heterocycles. The Morgan fingerprint density at radius 3 is 2.56 bits per heavy atom. The van der Waals surface area contributed by atoms with Gasteiger partial charge in [-0.15, -0.1) is 0 Å². The van der Waals surface area contributed by atoms with Gasteiger partial charge in [0.25, 0.3) is 0 Å². The van der Waals surface area contributed by atoms with Crippen molar-refractivity contribution in [1.29, 1.82) is 0 Å². The van der Waals surface area contributed by atoms with Crippen molar-refractivity contribution >= 4 is 5.91 Å². The van der Waals surface area contributed by atoms with E-state index in [1.165, 1.54) is 5.56 Å². The summed E-state index contributed by atoms with van der Waals surface area (Å²) < 4.78 is 0. The number of benzene rings is 1. The second kappa shape index (κ2) is 7.88. The number of likely N-dealkylation sites (N-methyl/N-ethyl adjacent to an activating group) is 1. The summed E-state index contributed by atoms with van der Waals surface area (Å²) in [6.07, 6.45) is 2.71. The molecule has 1 rings (SSSR count). The molecule has 0 saturated heterocycles. The Kier molecular flexibility index (Phi) is 6.44. The fraction of sp³-hybridized carbons (Fsp3) is 0.533. The van der Waals surface area contributed by atoms with Gasteiger partial charge in [0, 0.05) is 26.1 Å². The number of rotatable bonds is 7. The number of carbonyl (C=O) groups excluding carboxylic acids is 1. The Bertz CT molecular complexity index is 351. The first-order valence-corrected chi connectivity index (χ1v) is 6.62. The van der Waals surface area contributed by atoms with Crippen molar-refractivity contribution in [3.05, 3.63) is 35.9 Å². The summed E-state index contributed by atoms with van der Waals surface area (Å²) in [5.41, 5.74) is 1.36. The molecule has 0 bridgehead atoms. The summed E-state index contributed by atoms with van der Waals surface area (Å²) in [7, 11) is 3.78. The molecule has 0 radical (unpaired) electrons. The third kappa shape index (κ3) is 4.88. The summed E-state index contributed by atoms with van der Waals surface area (Å²) in [6, 6.07) is 11.0. The van der Waals surface area contributed by atoms with Gasteiger partial charge in [-0.05, 0) is 25.5 Å². The molecule has 1 atom stereocenters. The van der Waals surface area contributed by atoms with Crippen LogP contribution in [0.1, 0.15) is 25.3 Å². The highest BCUT2D eigenvalue weighted by Gasteiger charge is 2.14. The molecule has 3 nitrogen and oxygen atoms in total. The molecule has 0 aliphatic carbocycles. The van der Waals surface area contributed by atoms with Crippen LogP contribution in [0.5, 0.6) is 0 Å². The summed E-state index contributed by atoms with van der Waals surface area (Å²) in [6.45, 7) is 3.01. The molecule has 1 amide bonds. The molecule has 0 aliphatic rings. The summed E-state index contributed by atoms with van der Waals surface area (Å²) in [4.78, 5) is 13.5. The molecule has 1 aromatic rings. The van der Waals surface area contributed by atoms with Crippen molar-refractivity contribution in [2.45, 2.75) is 32.2 Å². The smallest absolute Gasteiger partial charge is 0.221 e. The second-order valence-corrected chi connectivity index (χ2v) is 4.66. The zero-order valence-electron chi connectivity index (χ0n) is 11.6. The van der Waals surface area contributed by atoms with Crippen molar-refractivity contribution in [2.75, 3.05) is 20.6 Å². The van der Waals surface area contributed by atoms with E-state index in [9.17, 15) is 4.79 Å². The lowest BCUT2D eigenvalue weighted by molar-refractivity contribution is -0.120. The second-order valence-electron chi connectivity index (χ2n) is 4.66. The van der Waals surface area contributed by atoms with Gasteiger partial charge in [0.15, 0.2) is 0 Å². The van der Waals surface area contributed by atoms with E-state index in [0.29, 0.717) is 12.5 Å². The molecule has 100 valence electrons. The monoisotopic (exact) mass is 248 g/mol. The summed E-state index contributed by atoms with van der Waals surface area (Å²) >= 11 is 0. The fourth-order valence-corrected chi connectivity index (χ4v) is 2.08. The molecular formula is C15H24N2O. The zero-order valence-corrected chi connectivity index (χ0v) is 11.6. The SMILES string of the molecule is CC[C@@H](Cc1ccccc1)N(C)CCC(=O)NC. The van der Waals surface area contributed by atoms with Crippen molar-refractivity contribution in [2.24, 2.45) is 0 Å². The Hall–Kier alpha value is -1.35. The number of hydrogen-bond acceptors (Lipinski definition) is 2. The minimum atomic E-state index is 0.108. The van der Waals surface area contributed by atoms with Crippen LogP contribution in [0.4, 0.5) is 0 Å². The van der Waals surface area contributed by atoms with Gasteiger partial charge in [0.05, 0.1) is 0 Å². The standard InChI is InChI=1S/C15H24N2O/c1-4-14(12-13-8-6-5-7-9-13)17(3)11-10-15(18)16-2/h5-9,14H,4,10-12H2,1-3H3,(H,16,18)/t14-/m0/s1. The lowest BCUT2D eigenvalue weighted by atomic mass is 10.0. The highest BCUT2D eigenvalue weighted by atomic mass is 16.1. The van der Waals surface area contributed by atoms with E-state index in [2.05, 4.69) is 48.5 Å². The maximum Gasteiger partial charge on any atom is 0.221 e. The van der Waals surface area contributed by atoms with E-state index in [-0.39, 0.29) is 5.91 Å². The van der Waals surface area contributed by atoms with Crippen LogP contribution in [-0.4, -0.2) is 37.5 Å². The fourth-order valence-electron chi connectivity index (χ4n) is 2.08. The lowest BCUT2D eigenvalue weighted by Crippen LogP contribution is -2.35. The predicted molar refractivity (Wildman–Crippen MR) is 75.5 cm³/mol. The largest absolute Gasteiger partial charge is 0.359 e. The maximum atomic E-state index is 11.2. The van der Waals surface area contributed by atoms with Crippen LogP contribution in [0.15, 0.2) is 30.3 Å². The van der Waals surface area contributed by atoms with E-state index in [1.54, 1.807) is 7.05 Å². The van der Waals surface area contributed by atoms with Crippen molar-refractivity contribution in [1.82, 2.24) is 10.2 Å². The summed E-state index contributed by atoms with van der Waals surface area (Å²) in [5, 5.41) is 2.66. The number of hydrogen-bond donors (Lipinski definition) is 1. The van der Waals surface area contributed by atoms with Gasteiger partial charge in [-0.3, -0.25) is 4.79 Å². The average Bonchev–Trinajstić information content (AvgIpc) is 2.42. The van der Waals surface area contributed by atoms with Crippen molar-refractivity contribution < 1.29 is 4.79 Å². The number of carbonyl (C=O) groups is 1. The van der Waals surface area contributed by atoms with Gasteiger partial charge >= 0.3 is 0 Å². The Morgan fingerprint density at radius 1 is 1.33 bits per heavy atom. The van der Waals surface area contributed by atoms with Gasteiger partial charge in [0.1, 0.15) is 0 Å². The highest BCUT2D eigenvalue weighted by Crippen LogP contribution is 2.11. The quantitative estimate of drug-likeness (QED) is 0.801. The minimum Gasteiger partial charge on any atom is -0.359 e. The average molecular weight is 248 g/mol. The normalized spacial score (nSPS) is 12.4. The van der Waals surface area contributed by atoms with Crippen LogP contribution >= 0.6 is 0 Å². The van der Waals surface area contributed by atoms with Crippen molar-refractivity contribution in [3.63, 3.8) is 0 Å². The molecule has 18 heavy (non-hydrogen) atoms. The lowest BCUT2D eigenvalue weighted by Gasteiger charge is -2.27. The van der Waals surface area contributed by atoms with Gasteiger partial charge in [-0.25, -0.2) is 0 Å². The molecule has 0 aliphatic heterocycles. The van der Waals surface area contributed by atoms with Gasteiger partial charge in [-0.1, -0.05) is 37.3 Å². The van der Waals surface area contributed by atoms with Crippen LogP contribution in [-0.2, 0) is 11.2 Å². The molecule has 0 unspecified atom stereocenters. The predicted octanol–water partition coefficient (Wildman–Crippen LogP) is 2.08. The number of nitrogens with zero attached hydrogens (tertiary/aromatic N) is 1. The maximum absolute atomic E-state index is 11.2. The Balaban J connectivity index is 2.47. The molecule has 0 spiro atoms. The van der Waals surface area contributed by atoms with Crippen LogP contribution < -0.4 is 5.32 Å². The van der Waals surface area contributed by atoms with Crippen LogP contribution in [0.3, 0.4) is 0 Å². The molecule has 0 saturated carbocycles. The number of amides is 1. The Morgan fingerprint density at radius 2 is 2.00 bits per heavy atom. The number of nitrogens with one attached hydrogen (secondary N) is 1. The van der Waals surface area contributed by atoms with Crippen LogP contribution in [0, 0.1) is 0 Å². The highest BCUT2D eigenvalue weighted by molar-refractivity contribution is 5.75. The van der Waals surface area contributed by atoms with Crippen LogP contribution in [0.25, 0.3) is 0 Å². The van der Waals surface area contributed by atoms with Gasteiger partial charge in [-0.2, -0.15) is 0 Å². The van der Waals surface area contributed by atoms with E-state index < -0.39 is 0 Å². The van der Waals surface area contributed by atoms with E-state index in [1.807, 2.05) is 6.07 Å². The zero-order chi connectivity index (χ0) is 13.4. The Labute approximate surface area is 110 Å². The van der Waals surface area contributed by atoms with E-state index in [0.717, 1.165) is 19.4 Å². The first-order valence-electron chi connectivity index (χ1n) is 6.62. The van der Waals surface area contributed by atoms with Crippen molar-refractivity contribution in [3.8, 4) is 0 Å². The first-order chi connectivity index (χ1) is 8.67. The molecule has 1 aromatic carbocycles. The van der Waals surface area contributed by atoms with Gasteiger partial charge in [0.2, 0.25) is 5.91 Å². The summed E-state index contributed by atoms with van der Waals surface area (Å²) in [5.74, 6) is 0.108. The molecule has 0 heterocycles. The topological polar surface area (TPSA) is 32.3 Å².